The molecule has 230 valence electrons. The van der Waals surface area contributed by atoms with Gasteiger partial charge in [-0.15, -0.1) is 0 Å². The Morgan fingerprint density at radius 2 is 2.07 bits per heavy atom. The first-order valence-corrected chi connectivity index (χ1v) is 14.4. The summed E-state index contributed by atoms with van der Waals surface area (Å²) in [5.74, 6) is 0.379. The number of anilines is 1. The van der Waals surface area contributed by atoms with Gasteiger partial charge in [0.15, 0.2) is 11.5 Å². The highest BCUT2D eigenvalue weighted by Crippen LogP contribution is 2.35. The zero-order chi connectivity index (χ0) is 30.6. The average Bonchev–Trinajstić information content (AvgIpc) is 2.95. The summed E-state index contributed by atoms with van der Waals surface area (Å²) in [5.41, 5.74) is 8.69. The standard InChI is InChI=1S/C29H41ClFN7O4/c1-18-29(40)36-8-6-12-41-26-14-21(28(32)37-24-15-22(30)23(31)13-20(24)17-38(18)4)25(33-3)16-27(26)42-11-5-7-34-9-10-35-19(2)39/h13-16,18,33-34H,5-12,17H2,1-4H3,(H2,32,37)(H,35,39)(H,36,40)/t18-/m1/s1. The van der Waals surface area contributed by atoms with Gasteiger partial charge in [-0.25, -0.2) is 9.38 Å². The molecule has 13 heteroatoms. The highest BCUT2D eigenvalue weighted by molar-refractivity contribution is 6.31. The Morgan fingerprint density at radius 3 is 2.81 bits per heavy atom. The Balaban J connectivity index is 1.90. The van der Waals surface area contributed by atoms with Gasteiger partial charge < -0.3 is 36.5 Å². The number of carbonyl (C=O) groups is 2. The number of halogens is 2. The van der Waals surface area contributed by atoms with Crippen LogP contribution in [0.5, 0.6) is 11.5 Å². The van der Waals surface area contributed by atoms with Crippen LogP contribution in [0.25, 0.3) is 0 Å². The SMILES string of the molecule is CNc1cc(OCCCNCCNC(C)=O)c2cc1C(N)=Nc1cc(Cl)c(F)cc1CN(C)[C@H](C)C(=O)NCCCO2. The van der Waals surface area contributed by atoms with E-state index in [1.807, 2.05) is 0 Å². The number of fused-ring (bicyclic) bond motifs is 3. The summed E-state index contributed by atoms with van der Waals surface area (Å²) in [7, 11) is 3.55. The fourth-order valence-electron chi connectivity index (χ4n) is 4.25. The number of carbonyl (C=O) groups excluding carboxylic acids is 2. The average molecular weight is 606 g/mol. The first kappa shape index (κ1) is 32.9. The van der Waals surface area contributed by atoms with Crippen LogP contribution in [0.3, 0.4) is 0 Å². The summed E-state index contributed by atoms with van der Waals surface area (Å²) in [4.78, 5) is 30.1. The van der Waals surface area contributed by atoms with Crippen LogP contribution in [0.4, 0.5) is 15.8 Å². The normalized spacial score (nSPS) is 16.5. The van der Waals surface area contributed by atoms with Gasteiger partial charge in [0.25, 0.3) is 0 Å². The van der Waals surface area contributed by atoms with Crippen molar-refractivity contribution >= 4 is 40.6 Å². The molecule has 1 aliphatic rings. The zero-order valence-electron chi connectivity index (χ0n) is 24.6. The third-order valence-corrected chi connectivity index (χ3v) is 7.05. The quantitative estimate of drug-likeness (QED) is 0.275. The predicted molar refractivity (Wildman–Crippen MR) is 163 cm³/mol. The summed E-state index contributed by atoms with van der Waals surface area (Å²) in [6.07, 6.45) is 1.30. The number of amides is 2. The van der Waals surface area contributed by atoms with Crippen molar-refractivity contribution in [2.75, 3.05) is 58.8 Å². The van der Waals surface area contributed by atoms with Crippen LogP contribution in [-0.4, -0.2) is 82.1 Å². The molecule has 0 saturated heterocycles. The maximum atomic E-state index is 14.5. The summed E-state index contributed by atoms with van der Waals surface area (Å²) >= 11 is 6.12. The molecular formula is C29H41ClFN7O4. The Labute approximate surface area is 251 Å². The fourth-order valence-corrected chi connectivity index (χ4v) is 4.41. The number of nitrogens with one attached hydrogen (secondary N) is 4. The molecule has 6 N–H and O–H groups in total. The molecule has 0 radical (unpaired) electrons. The summed E-state index contributed by atoms with van der Waals surface area (Å²) in [6.45, 7) is 6.63. The van der Waals surface area contributed by atoms with Crippen molar-refractivity contribution in [1.82, 2.24) is 20.9 Å². The monoisotopic (exact) mass is 605 g/mol. The van der Waals surface area contributed by atoms with Gasteiger partial charge in [-0.3, -0.25) is 14.5 Å². The molecule has 0 spiro atoms. The van der Waals surface area contributed by atoms with E-state index in [0.29, 0.717) is 79.8 Å². The van der Waals surface area contributed by atoms with Crippen LogP contribution in [0.1, 0.15) is 37.8 Å². The van der Waals surface area contributed by atoms with Gasteiger partial charge >= 0.3 is 0 Å². The molecule has 1 aliphatic heterocycles. The second kappa shape index (κ2) is 16.1. The zero-order valence-corrected chi connectivity index (χ0v) is 25.4. The number of rotatable bonds is 9. The molecule has 1 atom stereocenters. The lowest BCUT2D eigenvalue weighted by Gasteiger charge is -2.25. The van der Waals surface area contributed by atoms with Crippen LogP contribution in [0, 0.1) is 5.82 Å². The summed E-state index contributed by atoms with van der Waals surface area (Å²) in [5, 5.41) is 12.0. The number of benzene rings is 2. The number of nitrogens with zero attached hydrogens (tertiary/aromatic N) is 2. The van der Waals surface area contributed by atoms with Gasteiger partial charge in [0.1, 0.15) is 11.7 Å². The minimum absolute atomic E-state index is 0.0585. The smallest absolute Gasteiger partial charge is 0.237 e. The molecule has 2 aromatic carbocycles. The van der Waals surface area contributed by atoms with E-state index in [9.17, 15) is 14.0 Å². The van der Waals surface area contributed by atoms with Crippen molar-refractivity contribution in [2.45, 2.75) is 39.3 Å². The number of likely N-dealkylation sites (N-methyl/N-ethyl adjacent to an activating group) is 1. The molecule has 0 saturated carbocycles. The molecule has 1 heterocycles. The minimum atomic E-state index is -0.583. The van der Waals surface area contributed by atoms with Crippen LogP contribution >= 0.6 is 11.6 Å². The highest BCUT2D eigenvalue weighted by atomic mass is 35.5. The lowest BCUT2D eigenvalue weighted by atomic mass is 10.1. The van der Waals surface area contributed by atoms with Crippen LogP contribution in [0.2, 0.25) is 5.02 Å². The summed E-state index contributed by atoms with van der Waals surface area (Å²) in [6, 6.07) is 5.83. The largest absolute Gasteiger partial charge is 0.490 e. The van der Waals surface area contributed by atoms with Crippen molar-refractivity contribution in [3.8, 4) is 11.5 Å². The predicted octanol–water partition coefficient (Wildman–Crippen LogP) is 2.77. The molecule has 0 aromatic heterocycles. The molecule has 0 unspecified atom stereocenters. The van der Waals surface area contributed by atoms with Crippen LogP contribution in [-0.2, 0) is 16.1 Å². The van der Waals surface area contributed by atoms with Gasteiger partial charge in [-0.2, -0.15) is 0 Å². The maximum absolute atomic E-state index is 14.5. The number of hydrogen-bond acceptors (Lipinski definition) is 9. The van der Waals surface area contributed by atoms with Crippen molar-refractivity contribution < 1.29 is 23.5 Å². The van der Waals surface area contributed by atoms with E-state index in [1.165, 1.54) is 19.1 Å². The van der Waals surface area contributed by atoms with Crippen molar-refractivity contribution in [1.29, 1.82) is 0 Å². The highest BCUT2D eigenvalue weighted by Gasteiger charge is 2.21. The topological polar surface area (TPSA) is 142 Å². The lowest BCUT2D eigenvalue weighted by molar-refractivity contribution is -0.125. The van der Waals surface area contributed by atoms with E-state index in [4.69, 9.17) is 26.8 Å². The Morgan fingerprint density at radius 1 is 1.29 bits per heavy atom. The van der Waals surface area contributed by atoms with Gasteiger partial charge in [-0.1, -0.05) is 11.6 Å². The van der Waals surface area contributed by atoms with E-state index in [2.05, 4.69) is 26.3 Å². The third-order valence-electron chi connectivity index (χ3n) is 6.76. The number of ether oxygens (including phenoxy) is 2. The molecular weight excluding hydrogens is 565 g/mol. The van der Waals surface area contributed by atoms with Gasteiger partial charge in [0, 0.05) is 57.5 Å². The number of amidine groups is 1. The van der Waals surface area contributed by atoms with E-state index in [0.717, 1.165) is 6.42 Å². The molecule has 42 heavy (non-hydrogen) atoms. The van der Waals surface area contributed by atoms with E-state index < -0.39 is 11.9 Å². The first-order valence-electron chi connectivity index (χ1n) is 14.0. The third kappa shape index (κ3) is 9.47. The van der Waals surface area contributed by atoms with E-state index in [-0.39, 0.29) is 29.2 Å². The Kier molecular flexibility index (Phi) is 12.6. The number of aliphatic imine (C=N–C) groups is 1. The second-order valence-corrected chi connectivity index (χ2v) is 10.4. The van der Waals surface area contributed by atoms with Crippen molar-refractivity contribution in [2.24, 2.45) is 10.7 Å². The first-order chi connectivity index (χ1) is 20.1. The van der Waals surface area contributed by atoms with E-state index >= 15 is 0 Å². The van der Waals surface area contributed by atoms with Crippen molar-refractivity contribution in [3.63, 3.8) is 0 Å². The molecule has 2 aromatic rings. The Bertz CT molecular complexity index is 1280. The van der Waals surface area contributed by atoms with E-state index in [1.54, 1.807) is 38.1 Å². The summed E-state index contributed by atoms with van der Waals surface area (Å²) < 4.78 is 26.7. The fraction of sp³-hybridized carbons (Fsp3) is 0.483. The van der Waals surface area contributed by atoms with Crippen LogP contribution in [0.15, 0.2) is 29.3 Å². The Hall–Kier alpha value is -3.61. The molecule has 2 bridgehead atoms. The van der Waals surface area contributed by atoms with Gasteiger partial charge in [-0.05, 0) is 57.1 Å². The molecule has 2 amide bonds. The van der Waals surface area contributed by atoms with Crippen LogP contribution < -0.4 is 36.5 Å². The maximum Gasteiger partial charge on any atom is 0.237 e. The van der Waals surface area contributed by atoms with Gasteiger partial charge in [0.2, 0.25) is 11.8 Å². The molecule has 11 nitrogen and oxygen atoms in total. The lowest BCUT2D eigenvalue weighted by Crippen LogP contribution is -2.43. The number of nitrogens with two attached hydrogens (primary N) is 1. The molecule has 0 aliphatic carbocycles. The second-order valence-electron chi connectivity index (χ2n) is 10.0. The molecule has 3 rings (SSSR count). The minimum Gasteiger partial charge on any atom is -0.490 e. The number of hydrogen-bond donors (Lipinski definition) is 5. The van der Waals surface area contributed by atoms with Crippen molar-refractivity contribution in [3.05, 3.63) is 46.2 Å². The molecule has 0 fully saturated rings. The van der Waals surface area contributed by atoms with Gasteiger partial charge in [0.05, 0.1) is 30.0 Å².